The number of carbonyl (C=O) groups is 1. The molecule has 7 nitrogen and oxygen atoms in total. The molecule has 34 heavy (non-hydrogen) atoms. The Bertz CT molecular complexity index is 1460. The maximum atomic E-state index is 13.5. The molecule has 5 aliphatic rings. The summed E-state index contributed by atoms with van der Waals surface area (Å²) in [4.78, 5) is 28.8. The molecule has 2 aliphatic carbocycles. The molecule has 0 saturated heterocycles. The smallest absolute Gasteiger partial charge is 0.277 e. The molecule has 0 radical (unpaired) electrons. The van der Waals surface area contributed by atoms with Crippen molar-refractivity contribution < 1.29 is 14.6 Å². The van der Waals surface area contributed by atoms with Crippen LogP contribution in [0.5, 0.6) is 11.5 Å². The number of rotatable bonds is 0. The lowest BCUT2D eigenvalue weighted by Crippen LogP contribution is -2.56. The van der Waals surface area contributed by atoms with Gasteiger partial charge in [0.1, 0.15) is 24.6 Å². The van der Waals surface area contributed by atoms with Gasteiger partial charge in [-0.15, -0.1) is 11.8 Å². The fourth-order valence-electron chi connectivity index (χ4n) is 6.22. The minimum Gasteiger partial charge on any atom is -0.502 e. The van der Waals surface area contributed by atoms with Gasteiger partial charge in [-0.2, -0.15) is 0 Å². The second-order valence-corrected chi connectivity index (χ2v) is 10.8. The molecule has 8 heteroatoms. The first kappa shape index (κ1) is 19.0. The van der Waals surface area contributed by atoms with Crippen molar-refractivity contribution in [3.63, 3.8) is 0 Å². The lowest BCUT2D eigenvalue weighted by atomic mass is 9.93. The topological polar surface area (TPSA) is 75.0 Å². The Morgan fingerprint density at radius 2 is 1.88 bits per heavy atom. The summed E-state index contributed by atoms with van der Waals surface area (Å²) >= 11 is 1.80. The van der Waals surface area contributed by atoms with Crippen molar-refractivity contribution in [3.05, 3.63) is 87.3 Å². The van der Waals surface area contributed by atoms with Gasteiger partial charge in [-0.1, -0.05) is 30.3 Å². The average Bonchev–Trinajstić information content (AvgIpc) is 3.75. The number of benzene rings is 2. The summed E-state index contributed by atoms with van der Waals surface area (Å²) in [6, 6.07) is 15.7. The zero-order valence-electron chi connectivity index (χ0n) is 18.1. The monoisotopic (exact) mass is 471 g/mol. The highest BCUT2D eigenvalue weighted by Crippen LogP contribution is 2.70. The van der Waals surface area contributed by atoms with Crippen LogP contribution in [0.2, 0.25) is 0 Å². The van der Waals surface area contributed by atoms with Gasteiger partial charge in [0, 0.05) is 46.9 Å². The van der Waals surface area contributed by atoms with E-state index in [1.165, 1.54) is 16.5 Å². The lowest BCUT2D eigenvalue weighted by Gasteiger charge is -2.44. The third-order valence-electron chi connectivity index (χ3n) is 8.07. The van der Waals surface area contributed by atoms with Crippen molar-refractivity contribution in [1.82, 2.24) is 9.58 Å². The molecule has 170 valence electrons. The highest BCUT2D eigenvalue weighted by molar-refractivity contribution is 7.98. The van der Waals surface area contributed by atoms with Crippen LogP contribution in [0, 0.1) is 17.8 Å². The van der Waals surface area contributed by atoms with Crippen LogP contribution in [-0.4, -0.2) is 39.9 Å². The largest absolute Gasteiger partial charge is 0.502 e. The van der Waals surface area contributed by atoms with Gasteiger partial charge >= 0.3 is 0 Å². The summed E-state index contributed by atoms with van der Waals surface area (Å²) in [5, 5.41) is 12.8. The predicted octanol–water partition coefficient (Wildman–Crippen LogP) is 2.94. The quantitative estimate of drug-likeness (QED) is 0.544. The highest BCUT2D eigenvalue weighted by Gasteiger charge is 2.76. The third-order valence-corrected chi connectivity index (χ3v) is 9.20. The van der Waals surface area contributed by atoms with Gasteiger partial charge < -0.3 is 14.7 Å². The van der Waals surface area contributed by atoms with Crippen LogP contribution in [0.15, 0.2) is 64.4 Å². The van der Waals surface area contributed by atoms with Crippen molar-refractivity contribution in [1.29, 1.82) is 0 Å². The van der Waals surface area contributed by atoms with Gasteiger partial charge in [0.15, 0.2) is 11.4 Å². The Labute approximate surface area is 199 Å². The Kier molecular flexibility index (Phi) is 3.56. The summed E-state index contributed by atoms with van der Waals surface area (Å²) in [7, 11) is 0. The SMILES string of the molecule is O=C1c2c(O)c(=O)ccn2N2CN1CC1C3C(Oc4cccc5c4[C@H]2c2ccccc2SC5)[C@@H]13. The number of aromatic nitrogens is 1. The molecule has 3 aromatic rings. The Morgan fingerprint density at radius 3 is 2.76 bits per heavy atom. The maximum Gasteiger partial charge on any atom is 0.277 e. The van der Waals surface area contributed by atoms with Crippen molar-refractivity contribution >= 4 is 17.7 Å². The van der Waals surface area contributed by atoms with Gasteiger partial charge in [-0.05, 0) is 29.2 Å². The Balaban J connectivity index is 1.44. The van der Waals surface area contributed by atoms with E-state index in [2.05, 4.69) is 35.3 Å². The minimum atomic E-state index is -0.540. The standard InChI is InChI=1S/C26H21N3O4S/c30-16-8-9-28-23(24(16)31)26(32)27-10-15-20-21(15)25(20)33-17-6-3-4-13-11-34-18-7-2-1-5-14(18)22(19(13)17)29(28)12-27/h1-9,15,20-22,25,31H,10-12H2/t15?,20-,21?,22+,25?/m0/s1. The van der Waals surface area contributed by atoms with E-state index in [4.69, 9.17) is 4.74 Å². The van der Waals surface area contributed by atoms with Crippen LogP contribution in [-0.2, 0) is 5.75 Å². The van der Waals surface area contributed by atoms with Crippen LogP contribution < -0.4 is 15.2 Å². The molecule has 1 N–H and O–H groups in total. The summed E-state index contributed by atoms with van der Waals surface area (Å²) in [6.07, 6.45) is 1.82. The normalized spacial score (nSPS) is 29.4. The van der Waals surface area contributed by atoms with Crippen LogP contribution in [0.1, 0.15) is 33.2 Å². The molecular weight excluding hydrogens is 450 g/mol. The van der Waals surface area contributed by atoms with Gasteiger partial charge in [-0.25, -0.2) is 0 Å². The summed E-state index contributed by atoms with van der Waals surface area (Å²) < 4.78 is 8.29. The van der Waals surface area contributed by atoms with Crippen molar-refractivity contribution in [2.75, 3.05) is 18.2 Å². The van der Waals surface area contributed by atoms with Gasteiger partial charge in [0.05, 0.1) is 0 Å². The first-order valence-electron chi connectivity index (χ1n) is 11.6. The molecule has 1 aromatic heterocycles. The molecule has 4 heterocycles. The van der Waals surface area contributed by atoms with E-state index in [-0.39, 0.29) is 23.7 Å². The fourth-order valence-corrected chi connectivity index (χ4v) is 7.30. The number of hydrogen-bond donors (Lipinski definition) is 1. The van der Waals surface area contributed by atoms with Gasteiger partial charge in [-0.3, -0.25) is 19.3 Å². The van der Waals surface area contributed by atoms with Crippen LogP contribution in [0.25, 0.3) is 0 Å². The van der Waals surface area contributed by atoms with Crippen LogP contribution in [0.4, 0.5) is 0 Å². The lowest BCUT2D eigenvalue weighted by molar-refractivity contribution is 0.0648. The second kappa shape index (κ2) is 6.39. The van der Waals surface area contributed by atoms with Crippen LogP contribution >= 0.6 is 11.8 Å². The number of nitrogens with zero attached hydrogens (tertiary/aromatic N) is 3. The zero-order valence-corrected chi connectivity index (χ0v) is 18.9. The van der Waals surface area contributed by atoms with Crippen LogP contribution in [0.3, 0.4) is 0 Å². The van der Waals surface area contributed by atoms with E-state index >= 15 is 0 Å². The molecular formula is C26H21N3O4S. The number of carbonyl (C=O) groups excluding carboxylic acids is 1. The summed E-state index contributed by atoms with van der Waals surface area (Å²) in [6.45, 7) is 0.978. The number of amides is 1. The fraction of sp³-hybridized carbons (Fsp3) is 0.308. The number of aromatic hydroxyl groups is 1. The van der Waals surface area contributed by atoms with E-state index in [0.717, 1.165) is 22.6 Å². The Hall–Kier alpha value is -3.39. The number of thioether (sulfide) groups is 1. The van der Waals surface area contributed by atoms with E-state index in [9.17, 15) is 14.7 Å². The summed E-state index contributed by atoms with van der Waals surface area (Å²) in [5.74, 6) is 2.31. The van der Waals surface area contributed by atoms with E-state index in [0.29, 0.717) is 31.0 Å². The number of pyridine rings is 1. The summed E-state index contributed by atoms with van der Waals surface area (Å²) in [5.41, 5.74) is 2.92. The van der Waals surface area contributed by atoms with E-state index in [1.54, 1.807) is 27.5 Å². The maximum absolute atomic E-state index is 13.5. The minimum absolute atomic E-state index is 0.0400. The number of fused-ring (bicyclic) bond motifs is 9. The third kappa shape index (κ3) is 2.39. The molecule has 3 unspecified atom stereocenters. The molecule has 3 aliphatic heterocycles. The van der Waals surface area contributed by atoms with Crippen molar-refractivity contribution in [2.24, 2.45) is 17.8 Å². The molecule has 1 amide bonds. The first-order valence-corrected chi connectivity index (χ1v) is 12.6. The van der Waals surface area contributed by atoms with E-state index in [1.807, 2.05) is 12.1 Å². The molecule has 8 rings (SSSR count). The second-order valence-electron chi connectivity index (χ2n) is 9.79. The van der Waals surface area contributed by atoms with Gasteiger partial charge in [0.25, 0.3) is 5.91 Å². The highest BCUT2D eigenvalue weighted by atomic mass is 32.2. The molecule has 5 atom stereocenters. The number of hydrogen-bond acceptors (Lipinski definition) is 6. The average molecular weight is 472 g/mol. The predicted molar refractivity (Wildman–Crippen MR) is 126 cm³/mol. The Morgan fingerprint density at radius 1 is 1.03 bits per heavy atom. The zero-order chi connectivity index (χ0) is 22.7. The molecule has 2 bridgehead atoms. The molecule has 2 fully saturated rings. The van der Waals surface area contributed by atoms with E-state index < -0.39 is 11.2 Å². The number of ether oxygens (including phenoxy) is 1. The molecule has 0 spiro atoms. The first-order chi connectivity index (χ1) is 16.6. The molecule has 2 saturated carbocycles. The van der Waals surface area contributed by atoms with Gasteiger partial charge in [0.2, 0.25) is 5.43 Å². The van der Waals surface area contributed by atoms with Crippen molar-refractivity contribution in [2.45, 2.75) is 22.8 Å². The van der Waals surface area contributed by atoms with Crippen molar-refractivity contribution in [3.8, 4) is 11.5 Å². The molecule has 2 aromatic carbocycles.